The van der Waals surface area contributed by atoms with Crippen molar-refractivity contribution in [1.29, 1.82) is 0 Å². The van der Waals surface area contributed by atoms with E-state index in [1.165, 1.54) is 0 Å². The molecule has 0 unspecified atom stereocenters. The summed E-state index contributed by atoms with van der Waals surface area (Å²) in [5, 5.41) is 14.4. The minimum atomic E-state index is -4.31. The van der Waals surface area contributed by atoms with Crippen LogP contribution in [0.4, 0.5) is 13.2 Å². The van der Waals surface area contributed by atoms with Gasteiger partial charge >= 0.3 is 6.18 Å². The molecule has 1 aromatic carbocycles. The highest BCUT2D eigenvalue weighted by atomic mass is 127. The van der Waals surface area contributed by atoms with Gasteiger partial charge in [-0.25, -0.2) is 0 Å². The van der Waals surface area contributed by atoms with Gasteiger partial charge in [-0.15, -0.1) is 34.2 Å². The summed E-state index contributed by atoms with van der Waals surface area (Å²) in [5.74, 6) is 2.22. The predicted octanol–water partition coefficient (Wildman–Crippen LogP) is 2.69. The summed E-state index contributed by atoms with van der Waals surface area (Å²) in [5.41, 5.74) is 1.65. The van der Waals surface area contributed by atoms with Crippen LogP contribution in [0.3, 0.4) is 0 Å². The van der Waals surface area contributed by atoms with Gasteiger partial charge in [-0.3, -0.25) is 4.99 Å². The highest BCUT2D eigenvalue weighted by Crippen LogP contribution is 2.15. The quantitative estimate of drug-likeness (QED) is 0.339. The molecule has 2 N–H and O–H groups in total. The van der Waals surface area contributed by atoms with Gasteiger partial charge in [0.25, 0.3) is 0 Å². The van der Waals surface area contributed by atoms with Gasteiger partial charge < -0.3 is 19.9 Å². The zero-order valence-corrected chi connectivity index (χ0v) is 18.2. The van der Waals surface area contributed by atoms with Gasteiger partial charge in [0.1, 0.15) is 12.4 Å². The molecule has 156 valence electrons. The van der Waals surface area contributed by atoms with E-state index in [0.717, 1.165) is 17.2 Å². The molecule has 7 nitrogen and oxygen atoms in total. The highest BCUT2D eigenvalue weighted by Gasteiger charge is 2.27. The van der Waals surface area contributed by atoms with Gasteiger partial charge in [0.2, 0.25) is 0 Å². The Morgan fingerprint density at radius 2 is 1.71 bits per heavy atom. The van der Waals surface area contributed by atoms with Crippen LogP contribution in [0.5, 0.6) is 0 Å². The van der Waals surface area contributed by atoms with Crippen LogP contribution in [0.25, 0.3) is 0 Å². The Morgan fingerprint density at radius 1 is 1.11 bits per heavy atom. The molecule has 0 aliphatic carbocycles. The number of nitrogens with one attached hydrogen (secondary N) is 2. The first-order chi connectivity index (χ1) is 12.8. The lowest BCUT2D eigenvalue weighted by atomic mass is 10.1. The normalized spacial score (nSPS) is 11.9. The van der Waals surface area contributed by atoms with E-state index < -0.39 is 12.8 Å². The van der Waals surface area contributed by atoms with Crippen molar-refractivity contribution < 1.29 is 17.9 Å². The van der Waals surface area contributed by atoms with Crippen LogP contribution in [0.15, 0.2) is 29.3 Å². The molecule has 0 saturated heterocycles. The standard InChI is InChI=1S/C17H23F3N6O.HI/c1-12-24-25-15(26(12)3)9-23-16(21-2)22-8-13-4-6-14(7-5-13)10-27-11-17(18,19)20;/h4-7H,8-11H2,1-3H3,(H2,21,22,23);1H. The lowest BCUT2D eigenvalue weighted by Crippen LogP contribution is -2.36. The number of hydrogen-bond acceptors (Lipinski definition) is 4. The largest absolute Gasteiger partial charge is 0.411 e. The van der Waals surface area contributed by atoms with E-state index in [-0.39, 0.29) is 30.6 Å². The first-order valence-electron chi connectivity index (χ1n) is 8.30. The van der Waals surface area contributed by atoms with Crippen molar-refractivity contribution in [3.63, 3.8) is 0 Å². The number of benzene rings is 1. The van der Waals surface area contributed by atoms with E-state index in [1.807, 2.05) is 30.7 Å². The summed E-state index contributed by atoms with van der Waals surface area (Å²) in [6.07, 6.45) is -4.31. The van der Waals surface area contributed by atoms with E-state index in [2.05, 4.69) is 30.6 Å². The summed E-state index contributed by atoms with van der Waals surface area (Å²) in [6, 6.07) is 7.15. The number of aliphatic imine (C=N–C) groups is 1. The molecule has 0 fully saturated rings. The Balaban J connectivity index is 0.00000392. The lowest BCUT2D eigenvalue weighted by molar-refractivity contribution is -0.176. The van der Waals surface area contributed by atoms with Gasteiger partial charge in [-0.1, -0.05) is 24.3 Å². The molecule has 0 spiro atoms. The van der Waals surface area contributed by atoms with Crippen molar-refractivity contribution in [3.05, 3.63) is 47.0 Å². The molecule has 11 heteroatoms. The fraction of sp³-hybridized carbons (Fsp3) is 0.471. The van der Waals surface area contributed by atoms with Crippen molar-refractivity contribution in [2.75, 3.05) is 13.7 Å². The number of guanidine groups is 1. The first kappa shape index (κ1) is 24.1. The van der Waals surface area contributed by atoms with Crippen molar-refractivity contribution in [2.45, 2.75) is 32.8 Å². The fourth-order valence-corrected chi connectivity index (χ4v) is 2.21. The molecule has 0 aliphatic rings. The molecule has 0 aliphatic heterocycles. The van der Waals surface area contributed by atoms with Crippen molar-refractivity contribution >= 4 is 29.9 Å². The van der Waals surface area contributed by atoms with Gasteiger partial charge in [0, 0.05) is 20.6 Å². The van der Waals surface area contributed by atoms with Gasteiger partial charge in [0.15, 0.2) is 11.8 Å². The number of hydrogen-bond donors (Lipinski definition) is 2. The predicted molar refractivity (Wildman–Crippen MR) is 110 cm³/mol. The summed E-state index contributed by atoms with van der Waals surface area (Å²) >= 11 is 0. The summed E-state index contributed by atoms with van der Waals surface area (Å²) < 4.78 is 42.7. The number of aryl methyl sites for hydroxylation is 1. The number of ether oxygens (including phenoxy) is 1. The molecule has 28 heavy (non-hydrogen) atoms. The third-order valence-electron chi connectivity index (χ3n) is 3.84. The number of nitrogens with zero attached hydrogens (tertiary/aromatic N) is 4. The zero-order valence-electron chi connectivity index (χ0n) is 15.9. The maximum absolute atomic E-state index is 12.1. The second-order valence-electron chi connectivity index (χ2n) is 5.93. The van der Waals surface area contributed by atoms with E-state index in [0.29, 0.717) is 24.6 Å². The first-order valence-corrected chi connectivity index (χ1v) is 8.30. The lowest BCUT2D eigenvalue weighted by Gasteiger charge is -2.12. The third-order valence-corrected chi connectivity index (χ3v) is 3.84. The molecule has 0 radical (unpaired) electrons. The third kappa shape index (κ3) is 8.00. The van der Waals surface area contributed by atoms with E-state index in [9.17, 15) is 13.2 Å². The van der Waals surface area contributed by atoms with Crippen molar-refractivity contribution in [1.82, 2.24) is 25.4 Å². The second-order valence-corrected chi connectivity index (χ2v) is 5.93. The molecule has 1 aromatic heterocycles. The molecule has 1 heterocycles. The van der Waals surface area contributed by atoms with E-state index in [1.54, 1.807) is 19.2 Å². The monoisotopic (exact) mass is 512 g/mol. The second kappa shape index (κ2) is 11.2. The number of aromatic nitrogens is 3. The Kier molecular flexibility index (Phi) is 9.65. The maximum Gasteiger partial charge on any atom is 0.411 e. The van der Waals surface area contributed by atoms with Crippen LogP contribution >= 0.6 is 24.0 Å². The molecule has 0 amide bonds. The van der Waals surface area contributed by atoms with Crippen LogP contribution in [0, 0.1) is 6.92 Å². The maximum atomic E-state index is 12.1. The van der Waals surface area contributed by atoms with Crippen LogP contribution < -0.4 is 10.6 Å². The van der Waals surface area contributed by atoms with Crippen LogP contribution in [0.2, 0.25) is 0 Å². The molecule has 2 rings (SSSR count). The molecule has 2 aromatic rings. The average Bonchev–Trinajstić information content (AvgIpc) is 2.94. The molecule has 0 atom stereocenters. The van der Waals surface area contributed by atoms with Gasteiger partial charge in [-0.05, 0) is 18.1 Å². The molecular weight excluding hydrogens is 488 g/mol. The minimum absolute atomic E-state index is 0. The van der Waals surface area contributed by atoms with Crippen molar-refractivity contribution in [2.24, 2.45) is 12.0 Å². The number of halogens is 4. The molecule has 0 saturated carbocycles. The topological polar surface area (TPSA) is 76.4 Å². The minimum Gasteiger partial charge on any atom is -0.367 e. The summed E-state index contributed by atoms with van der Waals surface area (Å²) in [7, 11) is 3.56. The zero-order chi connectivity index (χ0) is 19.9. The average molecular weight is 512 g/mol. The molecule has 0 bridgehead atoms. The molecular formula is C17H24F3IN6O. The number of rotatable bonds is 7. The Labute approximate surface area is 178 Å². The van der Waals surface area contributed by atoms with Crippen LogP contribution in [0.1, 0.15) is 22.8 Å². The number of alkyl halides is 3. The summed E-state index contributed by atoms with van der Waals surface area (Å²) in [4.78, 5) is 4.15. The van der Waals surface area contributed by atoms with Crippen LogP contribution in [-0.2, 0) is 31.5 Å². The van der Waals surface area contributed by atoms with Crippen molar-refractivity contribution in [3.8, 4) is 0 Å². The highest BCUT2D eigenvalue weighted by molar-refractivity contribution is 14.0. The Hall–Kier alpha value is -1.89. The SMILES string of the molecule is CN=C(NCc1ccc(COCC(F)(F)F)cc1)NCc1nnc(C)n1C.I. The summed E-state index contributed by atoms with van der Waals surface area (Å²) in [6.45, 7) is 1.55. The Bertz CT molecular complexity index is 761. The fourth-order valence-electron chi connectivity index (χ4n) is 2.21. The smallest absolute Gasteiger partial charge is 0.367 e. The van der Waals surface area contributed by atoms with Gasteiger partial charge in [0.05, 0.1) is 13.2 Å². The van der Waals surface area contributed by atoms with Crippen LogP contribution in [-0.4, -0.2) is 40.6 Å². The van der Waals surface area contributed by atoms with Gasteiger partial charge in [-0.2, -0.15) is 13.2 Å². The Morgan fingerprint density at radius 3 is 2.25 bits per heavy atom. The van der Waals surface area contributed by atoms with E-state index >= 15 is 0 Å². The van der Waals surface area contributed by atoms with E-state index in [4.69, 9.17) is 0 Å².